The van der Waals surface area contributed by atoms with E-state index in [1.807, 2.05) is 48.2 Å². The first-order valence-corrected chi connectivity index (χ1v) is 19.4. The van der Waals surface area contributed by atoms with Gasteiger partial charge in [-0.2, -0.15) is 0 Å². The average molecular weight is 637 g/mol. The van der Waals surface area contributed by atoms with E-state index in [2.05, 4.69) is 39.8 Å². The Morgan fingerprint density at radius 1 is 0.667 bits per heavy atom. The number of allylic oxidation sites excluding steroid dienone is 1. The van der Waals surface area contributed by atoms with Gasteiger partial charge in [0.05, 0.1) is 13.2 Å². The third-order valence-corrected chi connectivity index (χ3v) is 9.29. The van der Waals surface area contributed by atoms with Crippen molar-refractivity contribution in [2.45, 2.75) is 148 Å². The molecule has 0 saturated carbocycles. The summed E-state index contributed by atoms with van der Waals surface area (Å²) in [4.78, 5) is 14.2. The molecule has 2 aromatic rings. The molecule has 2 aromatic carbocycles. The second kappa shape index (κ2) is 25.9. The Balaban J connectivity index is 1.91. The van der Waals surface area contributed by atoms with Crippen LogP contribution in [0.2, 0.25) is 0 Å². The Kier molecular flexibility index (Phi) is 22.5. The first-order chi connectivity index (χ1) is 22.0. The maximum atomic E-state index is 13.0. The summed E-state index contributed by atoms with van der Waals surface area (Å²) in [7, 11) is 0. The maximum absolute atomic E-state index is 13.0. The van der Waals surface area contributed by atoms with Crippen LogP contribution in [-0.2, 0) is 0 Å². The molecule has 0 heterocycles. The number of hydrogen-bond acceptors (Lipinski definition) is 4. The number of unbranched alkanes of at least 4 members (excludes halogenated alkanes) is 14. The molecule has 0 aliphatic rings. The smallest absolute Gasteiger partial charge is 0.185 e. The number of rotatable bonds is 28. The van der Waals surface area contributed by atoms with Crippen molar-refractivity contribution >= 4 is 23.6 Å². The monoisotopic (exact) mass is 636 g/mol. The van der Waals surface area contributed by atoms with Crippen molar-refractivity contribution < 1.29 is 14.3 Å². The van der Waals surface area contributed by atoms with E-state index in [9.17, 15) is 4.79 Å². The summed E-state index contributed by atoms with van der Waals surface area (Å²) >= 11 is 1.87. The van der Waals surface area contributed by atoms with Crippen LogP contribution in [0.5, 0.6) is 11.5 Å². The second-order valence-electron chi connectivity index (χ2n) is 13.0. The largest absolute Gasteiger partial charge is 0.493 e. The normalized spacial score (nSPS) is 11.5. The van der Waals surface area contributed by atoms with Crippen molar-refractivity contribution in [3.8, 4) is 11.5 Å². The molecular formula is C41H64O3S. The molecule has 0 saturated heterocycles. The Labute approximate surface area is 281 Å². The lowest BCUT2D eigenvalue weighted by Gasteiger charge is -2.12. The quantitative estimate of drug-likeness (QED) is 0.0403. The molecule has 252 valence electrons. The third-order valence-electron chi connectivity index (χ3n) is 8.20. The Morgan fingerprint density at radius 2 is 1.16 bits per heavy atom. The number of carbonyl (C=O) groups is 1. The highest BCUT2D eigenvalue weighted by Crippen LogP contribution is 2.26. The summed E-state index contributed by atoms with van der Waals surface area (Å²) in [6.45, 7) is 10.5. The molecule has 0 bridgehead atoms. The van der Waals surface area contributed by atoms with Crippen molar-refractivity contribution in [1.29, 1.82) is 0 Å². The maximum Gasteiger partial charge on any atom is 0.185 e. The lowest BCUT2D eigenvalue weighted by Crippen LogP contribution is -2.01. The van der Waals surface area contributed by atoms with Gasteiger partial charge in [0.25, 0.3) is 0 Å². The van der Waals surface area contributed by atoms with Gasteiger partial charge in [-0.15, -0.1) is 11.8 Å². The topological polar surface area (TPSA) is 35.5 Å². The van der Waals surface area contributed by atoms with Crippen LogP contribution in [-0.4, -0.2) is 24.7 Å². The van der Waals surface area contributed by atoms with E-state index in [0.29, 0.717) is 18.8 Å². The summed E-state index contributed by atoms with van der Waals surface area (Å²) < 4.78 is 12.4. The van der Waals surface area contributed by atoms with E-state index in [1.165, 1.54) is 108 Å². The van der Waals surface area contributed by atoms with Crippen LogP contribution in [0.4, 0.5) is 0 Å². The van der Waals surface area contributed by atoms with Gasteiger partial charge < -0.3 is 9.47 Å². The van der Waals surface area contributed by atoms with Crippen LogP contribution >= 0.6 is 11.8 Å². The molecule has 45 heavy (non-hydrogen) atoms. The van der Waals surface area contributed by atoms with Gasteiger partial charge in [-0.3, -0.25) is 4.79 Å². The summed E-state index contributed by atoms with van der Waals surface area (Å²) in [6.07, 6.45) is 26.5. The van der Waals surface area contributed by atoms with E-state index < -0.39 is 0 Å². The molecular weight excluding hydrogens is 573 g/mol. The molecule has 0 N–H and O–H groups in total. The first-order valence-electron chi connectivity index (χ1n) is 18.4. The lowest BCUT2D eigenvalue weighted by atomic mass is 10.1. The van der Waals surface area contributed by atoms with Crippen LogP contribution in [0.3, 0.4) is 0 Å². The van der Waals surface area contributed by atoms with Crippen molar-refractivity contribution in [3.63, 3.8) is 0 Å². The number of hydrogen-bond donors (Lipinski definition) is 0. The molecule has 0 radical (unpaired) electrons. The van der Waals surface area contributed by atoms with Gasteiger partial charge in [0.1, 0.15) is 11.5 Å². The number of ketones is 1. The molecule has 0 aromatic heterocycles. The highest BCUT2D eigenvalue weighted by atomic mass is 32.2. The molecule has 2 rings (SSSR count). The Hall–Kier alpha value is -2.20. The molecule has 3 nitrogen and oxygen atoms in total. The van der Waals surface area contributed by atoms with E-state index in [1.54, 1.807) is 6.08 Å². The van der Waals surface area contributed by atoms with Crippen molar-refractivity contribution in [2.75, 3.05) is 19.0 Å². The van der Waals surface area contributed by atoms with Crippen LogP contribution in [0.25, 0.3) is 6.08 Å². The molecule has 0 unspecified atom stereocenters. The minimum atomic E-state index is 0.0121. The number of carbonyl (C=O) groups excluding carboxylic acids is 1. The molecule has 4 heteroatoms. The summed E-state index contributed by atoms with van der Waals surface area (Å²) in [5.74, 6) is 3.51. The predicted octanol–water partition coefficient (Wildman–Crippen LogP) is 13.1. The highest BCUT2D eigenvalue weighted by molar-refractivity contribution is 7.99. The Morgan fingerprint density at radius 3 is 1.64 bits per heavy atom. The van der Waals surface area contributed by atoms with Gasteiger partial charge in [0.2, 0.25) is 0 Å². The number of ether oxygens (including phenoxy) is 2. The van der Waals surface area contributed by atoms with E-state index in [4.69, 9.17) is 9.47 Å². The fraction of sp³-hybridized carbons (Fsp3) is 0.634. The molecule has 0 fully saturated rings. The summed E-state index contributed by atoms with van der Waals surface area (Å²) in [6, 6.07) is 14.1. The zero-order valence-corrected chi connectivity index (χ0v) is 30.1. The fourth-order valence-corrected chi connectivity index (χ4v) is 6.25. The molecule has 0 amide bonds. The van der Waals surface area contributed by atoms with Crippen LogP contribution < -0.4 is 9.47 Å². The molecule has 0 atom stereocenters. The van der Waals surface area contributed by atoms with Crippen molar-refractivity contribution in [2.24, 2.45) is 5.92 Å². The summed E-state index contributed by atoms with van der Waals surface area (Å²) in [5.41, 5.74) is 1.64. The van der Waals surface area contributed by atoms with Gasteiger partial charge in [0, 0.05) is 16.5 Å². The zero-order valence-electron chi connectivity index (χ0n) is 29.3. The number of thioether (sulfide) groups is 1. The van der Waals surface area contributed by atoms with Crippen molar-refractivity contribution in [1.82, 2.24) is 0 Å². The predicted molar refractivity (Wildman–Crippen MR) is 197 cm³/mol. The second-order valence-corrected chi connectivity index (χ2v) is 14.2. The van der Waals surface area contributed by atoms with Crippen LogP contribution in [0.15, 0.2) is 53.4 Å². The van der Waals surface area contributed by atoms with Crippen LogP contribution in [0, 0.1) is 5.92 Å². The van der Waals surface area contributed by atoms with Gasteiger partial charge in [0.15, 0.2) is 5.78 Å². The van der Waals surface area contributed by atoms with Crippen molar-refractivity contribution in [3.05, 3.63) is 59.7 Å². The lowest BCUT2D eigenvalue weighted by molar-refractivity contribution is 0.104. The minimum Gasteiger partial charge on any atom is -0.493 e. The van der Waals surface area contributed by atoms with Gasteiger partial charge >= 0.3 is 0 Å². The van der Waals surface area contributed by atoms with E-state index in [-0.39, 0.29) is 5.78 Å². The van der Waals surface area contributed by atoms with E-state index >= 15 is 0 Å². The molecule has 0 spiro atoms. The summed E-state index contributed by atoms with van der Waals surface area (Å²) in [5, 5.41) is 0. The third kappa shape index (κ3) is 19.8. The first kappa shape index (κ1) is 39.0. The molecule has 0 aliphatic heterocycles. The number of benzene rings is 2. The van der Waals surface area contributed by atoms with E-state index in [0.717, 1.165) is 41.6 Å². The van der Waals surface area contributed by atoms with Crippen LogP contribution in [0.1, 0.15) is 159 Å². The fourth-order valence-electron chi connectivity index (χ4n) is 5.37. The highest BCUT2D eigenvalue weighted by Gasteiger charge is 2.06. The van der Waals surface area contributed by atoms with Gasteiger partial charge in [-0.05, 0) is 79.0 Å². The van der Waals surface area contributed by atoms with Gasteiger partial charge in [-0.25, -0.2) is 0 Å². The minimum absolute atomic E-state index is 0.0121. The van der Waals surface area contributed by atoms with Gasteiger partial charge in [-0.1, -0.05) is 130 Å². The SMILES string of the molecule is CCCCCCCCCCOc1cc(/C=C/C(=O)c2ccc(SCCCC(C)C)cc2)cc(OCCCCCCCCCC)c1. The zero-order chi connectivity index (χ0) is 32.4. The molecule has 0 aliphatic carbocycles. The standard InChI is InChI=1S/C41H64O3S/c1-5-7-9-11-13-15-17-19-29-43-38-32-36(33-39(34-38)44-30-20-18-16-14-12-10-8-6-2)23-28-41(42)37-24-26-40(27-25-37)45-31-21-22-35(3)4/h23-28,32-35H,5-22,29-31H2,1-4H3/b28-23+. The average Bonchev–Trinajstić information content (AvgIpc) is 3.04. The Bertz CT molecular complexity index is 1000.